The molecule has 0 fully saturated rings. The van der Waals surface area contributed by atoms with Crippen LogP contribution in [0.5, 0.6) is 0 Å². The maximum Gasteiger partial charge on any atom is 0.376 e. The number of benzene rings is 2. The minimum absolute atomic E-state index is 0.0521. The van der Waals surface area contributed by atoms with Crippen LogP contribution >= 0.6 is 0 Å². The van der Waals surface area contributed by atoms with Crippen molar-refractivity contribution in [2.75, 3.05) is 0 Å². The highest BCUT2D eigenvalue weighted by atomic mass is 19.1. The third-order valence-corrected chi connectivity index (χ3v) is 4.44. The van der Waals surface area contributed by atoms with Gasteiger partial charge in [0, 0.05) is 12.3 Å². The van der Waals surface area contributed by atoms with Crippen molar-refractivity contribution in [3.63, 3.8) is 0 Å². The summed E-state index contributed by atoms with van der Waals surface area (Å²) in [7, 11) is 0. The minimum Gasteiger partial charge on any atom is -0.507 e. The lowest BCUT2D eigenvalue weighted by Crippen LogP contribution is -2.41. The van der Waals surface area contributed by atoms with Crippen molar-refractivity contribution in [2.24, 2.45) is 0 Å². The molecule has 1 aromatic heterocycles. The Hall–Kier alpha value is -4.27. The van der Waals surface area contributed by atoms with Crippen LogP contribution in [0.3, 0.4) is 0 Å². The van der Waals surface area contributed by atoms with E-state index in [0.717, 1.165) is 20.9 Å². The number of aliphatic carboxylic acids is 1. The Morgan fingerprint density at radius 1 is 0.903 bits per heavy atom. The number of hydrogen-bond acceptors (Lipinski definition) is 5. The number of rotatable bonds is 7. The molecule has 0 radical (unpaired) electrons. The van der Waals surface area contributed by atoms with Crippen molar-refractivity contribution in [2.45, 2.75) is 13.1 Å². The Bertz CT molecular complexity index is 1270. The van der Waals surface area contributed by atoms with E-state index in [-0.39, 0.29) is 13.1 Å². The van der Waals surface area contributed by atoms with Gasteiger partial charge in [0.1, 0.15) is 11.6 Å². The number of aliphatic hydroxyl groups excluding tert-OH is 1. The molecule has 0 saturated carbocycles. The summed E-state index contributed by atoms with van der Waals surface area (Å²) in [5, 5.41) is 19.0. The normalized spacial score (nSPS) is 11.3. The van der Waals surface area contributed by atoms with E-state index < -0.39 is 40.1 Å². The fraction of sp³-hybridized carbons (Fsp3) is 0.0909. The summed E-state index contributed by atoms with van der Waals surface area (Å²) in [6.07, 6.45) is 1.47. The lowest BCUT2D eigenvalue weighted by atomic mass is 10.2. The second-order valence-electron chi connectivity index (χ2n) is 6.66. The Labute approximate surface area is 174 Å². The Kier molecular flexibility index (Phi) is 6.25. The van der Waals surface area contributed by atoms with E-state index >= 15 is 0 Å². The Balaban J connectivity index is 2.15. The Morgan fingerprint density at radius 3 is 2.13 bits per heavy atom. The molecule has 0 saturated heterocycles. The number of ketones is 1. The highest BCUT2D eigenvalue weighted by Gasteiger charge is 2.18. The SMILES string of the molecule is O=C(O)C(=O)/C=C(\O)c1cn(Cc2ccccc2)c(=O)n(Cc2ccc(F)cc2)c1=O. The smallest absolute Gasteiger partial charge is 0.376 e. The van der Waals surface area contributed by atoms with Gasteiger partial charge in [-0.1, -0.05) is 42.5 Å². The molecular formula is C22H17FN2O6. The van der Waals surface area contributed by atoms with Crippen molar-refractivity contribution in [1.29, 1.82) is 0 Å². The van der Waals surface area contributed by atoms with E-state index in [4.69, 9.17) is 5.11 Å². The third kappa shape index (κ3) is 5.02. The van der Waals surface area contributed by atoms with E-state index in [2.05, 4.69) is 0 Å². The predicted octanol–water partition coefficient (Wildman–Crippen LogP) is 1.80. The van der Waals surface area contributed by atoms with Crippen LogP contribution in [0.4, 0.5) is 4.39 Å². The van der Waals surface area contributed by atoms with Gasteiger partial charge in [0.25, 0.3) is 11.3 Å². The molecule has 0 aliphatic heterocycles. The Morgan fingerprint density at radius 2 is 1.52 bits per heavy atom. The average Bonchev–Trinajstić information content (AvgIpc) is 2.75. The van der Waals surface area contributed by atoms with E-state index in [1.807, 2.05) is 0 Å². The average molecular weight is 424 g/mol. The van der Waals surface area contributed by atoms with E-state index in [0.29, 0.717) is 11.6 Å². The fourth-order valence-corrected chi connectivity index (χ4v) is 2.90. The first-order valence-electron chi connectivity index (χ1n) is 9.07. The third-order valence-electron chi connectivity index (χ3n) is 4.44. The first-order valence-corrected chi connectivity index (χ1v) is 9.07. The summed E-state index contributed by atoms with van der Waals surface area (Å²) < 4.78 is 15.2. The molecule has 3 rings (SSSR count). The highest BCUT2D eigenvalue weighted by molar-refractivity contribution is 6.38. The van der Waals surface area contributed by atoms with Crippen LogP contribution in [0, 0.1) is 5.82 Å². The van der Waals surface area contributed by atoms with Gasteiger partial charge in [0.05, 0.1) is 18.7 Å². The van der Waals surface area contributed by atoms with Gasteiger partial charge in [-0.05, 0) is 23.3 Å². The summed E-state index contributed by atoms with van der Waals surface area (Å²) in [6.45, 7) is -0.169. The zero-order valence-electron chi connectivity index (χ0n) is 16.1. The highest BCUT2D eigenvalue weighted by Crippen LogP contribution is 2.09. The van der Waals surface area contributed by atoms with Gasteiger partial charge in [-0.15, -0.1) is 0 Å². The molecule has 0 aliphatic rings. The molecule has 1 heterocycles. The van der Waals surface area contributed by atoms with Gasteiger partial charge in [-0.25, -0.2) is 14.0 Å². The number of aromatic nitrogens is 2. The second kappa shape index (κ2) is 9.04. The summed E-state index contributed by atoms with van der Waals surface area (Å²) in [4.78, 5) is 48.0. The van der Waals surface area contributed by atoms with Gasteiger partial charge in [-0.3, -0.25) is 18.7 Å². The van der Waals surface area contributed by atoms with Gasteiger partial charge in [0.2, 0.25) is 0 Å². The van der Waals surface area contributed by atoms with Crippen LogP contribution in [0.2, 0.25) is 0 Å². The van der Waals surface area contributed by atoms with Gasteiger partial charge in [-0.2, -0.15) is 0 Å². The largest absolute Gasteiger partial charge is 0.507 e. The fourth-order valence-electron chi connectivity index (χ4n) is 2.90. The summed E-state index contributed by atoms with van der Waals surface area (Å²) in [5.74, 6) is -4.61. The second-order valence-corrected chi connectivity index (χ2v) is 6.66. The molecule has 3 aromatic rings. The maximum absolute atomic E-state index is 13.2. The van der Waals surface area contributed by atoms with Gasteiger partial charge < -0.3 is 10.2 Å². The van der Waals surface area contributed by atoms with Crippen molar-refractivity contribution in [3.8, 4) is 0 Å². The number of halogens is 1. The standard InChI is InChI=1S/C22H17FN2O6/c23-16-8-6-15(7-9-16)12-25-20(28)17(18(26)10-19(27)21(29)30)13-24(22(25)31)11-14-4-2-1-3-5-14/h1-10,13,26H,11-12H2,(H,29,30)/b18-10-. The summed E-state index contributed by atoms with van der Waals surface area (Å²) in [5.41, 5.74) is -0.862. The first kappa shape index (κ1) is 21.4. The molecule has 8 nitrogen and oxygen atoms in total. The molecule has 0 atom stereocenters. The zero-order chi connectivity index (χ0) is 22.5. The van der Waals surface area contributed by atoms with Crippen LogP contribution in [0.1, 0.15) is 16.7 Å². The van der Waals surface area contributed by atoms with Crippen molar-refractivity contribution in [1.82, 2.24) is 9.13 Å². The molecule has 0 spiro atoms. The summed E-state index contributed by atoms with van der Waals surface area (Å²) in [6, 6.07) is 14.0. The molecule has 31 heavy (non-hydrogen) atoms. The first-order chi connectivity index (χ1) is 14.8. The van der Waals surface area contributed by atoms with Crippen molar-refractivity contribution >= 4 is 17.5 Å². The number of aliphatic hydroxyl groups is 1. The van der Waals surface area contributed by atoms with E-state index in [1.165, 1.54) is 24.3 Å². The molecule has 0 unspecified atom stereocenters. The number of carboxylic acid groups (broad SMARTS) is 1. The van der Waals surface area contributed by atoms with Crippen LogP contribution in [-0.2, 0) is 22.7 Å². The van der Waals surface area contributed by atoms with Crippen LogP contribution in [0.25, 0.3) is 5.76 Å². The van der Waals surface area contributed by atoms with E-state index in [1.54, 1.807) is 30.3 Å². The lowest BCUT2D eigenvalue weighted by molar-refractivity contribution is -0.146. The molecule has 0 amide bonds. The van der Waals surface area contributed by atoms with Crippen molar-refractivity contribution < 1.29 is 24.2 Å². The van der Waals surface area contributed by atoms with Crippen molar-refractivity contribution in [3.05, 3.63) is 110 Å². The quantitative estimate of drug-likeness (QED) is 0.339. The number of carbonyl (C=O) groups excluding carboxylic acids is 1. The topological polar surface area (TPSA) is 119 Å². The molecular weight excluding hydrogens is 407 g/mol. The predicted molar refractivity (Wildman–Crippen MR) is 109 cm³/mol. The lowest BCUT2D eigenvalue weighted by Gasteiger charge is -2.13. The monoisotopic (exact) mass is 424 g/mol. The molecule has 2 aromatic carbocycles. The van der Waals surface area contributed by atoms with Gasteiger partial charge in [0.15, 0.2) is 0 Å². The zero-order valence-corrected chi connectivity index (χ0v) is 16.1. The minimum atomic E-state index is -1.81. The number of carbonyl (C=O) groups is 2. The maximum atomic E-state index is 13.2. The molecule has 2 N–H and O–H groups in total. The number of nitrogens with zero attached hydrogens (tertiary/aromatic N) is 2. The molecule has 9 heteroatoms. The van der Waals surface area contributed by atoms with Crippen LogP contribution in [0.15, 0.2) is 76.5 Å². The summed E-state index contributed by atoms with van der Waals surface area (Å²) >= 11 is 0. The molecule has 0 aliphatic carbocycles. The number of carboxylic acids is 1. The van der Waals surface area contributed by atoms with E-state index in [9.17, 15) is 28.7 Å². The molecule has 0 bridgehead atoms. The molecule has 158 valence electrons. The van der Waals surface area contributed by atoms with Gasteiger partial charge >= 0.3 is 11.7 Å². The van der Waals surface area contributed by atoms with Crippen LogP contribution in [-0.4, -0.2) is 31.1 Å². The van der Waals surface area contributed by atoms with Crippen LogP contribution < -0.4 is 11.2 Å². The number of hydrogen-bond donors (Lipinski definition) is 2.